The molecule has 0 saturated carbocycles. The van der Waals surface area contributed by atoms with Gasteiger partial charge in [-0.3, -0.25) is 0 Å². The molecule has 2 unspecified atom stereocenters. The first-order valence-electron chi connectivity index (χ1n) is 4.29. The molecular weight excluding hydrogens is 184 g/mol. The van der Waals surface area contributed by atoms with Crippen LogP contribution in [0, 0.1) is 0 Å². The first-order chi connectivity index (χ1) is 6.52. The predicted molar refractivity (Wildman–Crippen MR) is 52.6 cm³/mol. The Morgan fingerprint density at radius 1 is 1.64 bits per heavy atom. The van der Waals surface area contributed by atoms with Gasteiger partial charge >= 0.3 is 5.97 Å². The van der Waals surface area contributed by atoms with Gasteiger partial charge < -0.3 is 14.9 Å². The van der Waals surface area contributed by atoms with Crippen LogP contribution >= 0.6 is 0 Å². The molecule has 0 aromatic heterocycles. The molecule has 4 heteroatoms. The zero-order valence-electron chi connectivity index (χ0n) is 8.27. The van der Waals surface area contributed by atoms with Gasteiger partial charge in [0.25, 0.3) is 0 Å². The van der Waals surface area contributed by atoms with Crippen molar-refractivity contribution in [1.82, 2.24) is 0 Å². The molecule has 14 heavy (non-hydrogen) atoms. The second-order valence-electron chi connectivity index (χ2n) is 3.00. The molecule has 0 rings (SSSR count). The molecule has 0 bridgehead atoms. The maximum absolute atomic E-state index is 11.1. The van der Waals surface area contributed by atoms with E-state index in [2.05, 4.69) is 13.2 Å². The number of carbonyl (C=O) groups is 1. The monoisotopic (exact) mass is 200 g/mol. The van der Waals surface area contributed by atoms with E-state index < -0.39 is 24.8 Å². The molecule has 0 heterocycles. The summed E-state index contributed by atoms with van der Waals surface area (Å²) in [7, 11) is 0. The van der Waals surface area contributed by atoms with E-state index in [4.69, 9.17) is 9.84 Å². The molecule has 0 amide bonds. The van der Waals surface area contributed by atoms with Gasteiger partial charge in [0.05, 0.1) is 6.61 Å². The third-order valence-corrected chi connectivity index (χ3v) is 1.62. The zero-order chi connectivity index (χ0) is 11.1. The Bertz CT molecular complexity index is 222. The van der Waals surface area contributed by atoms with Gasteiger partial charge in [0.2, 0.25) is 0 Å². The molecular formula is C10H16O4. The number of esters is 1. The smallest absolute Gasteiger partial charge is 0.333 e. The van der Waals surface area contributed by atoms with Gasteiger partial charge in [-0.2, -0.15) is 0 Å². The van der Waals surface area contributed by atoms with Crippen LogP contribution in [0.4, 0.5) is 0 Å². The highest BCUT2D eigenvalue weighted by Gasteiger charge is 2.21. The second kappa shape index (κ2) is 6.34. The lowest BCUT2D eigenvalue weighted by Crippen LogP contribution is -2.33. The molecule has 2 N–H and O–H groups in total. The lowest BCUT2D eigenvalue weighted by Gasteiger charge is -2.20. The van der Waals surface area contributed by atoms with Crippen molar-refractivity contribution >= 4 is 5.97 Å². The van der Waals surface area contributed by atoms with Gasteiger partial charge in [-0.05, 0) is 6.92 Å². The molecule has 0 radical (unpaired) electrons. The summed E-state index contributed by atoms with van der Waals surface area (Å²) in [6, 6.07) is 0. The minimum absolute atomic E-state index is 0.254. The van der Waals surface area contributed by atoms with E-state index in [1.807, 2.05) is 0 Å². The highest BCUT2D eigenvalue weighted by molar-refractivity contribution is 5.87. The average Bonchev–Trinajstić information content (AvgIpc) is 2.15. The largest absolute Gasteiger partial charge is 0.456 e. The van der Waals surface area contributed by atoms with Crippen molar-refractivity contribution in [3.05, 3.63) is 24.8 Å². The van der Waals surface area contributed by atoms with Crippen molar-refractivity contribution in [2.75, 3.05) is 6.61 Å². The second-order valence-corrected chi connectivity index (χ2v) is 3.00. The number of hydrogen-bond donors (Lipinski definition) is 2. The molecule has 0 saturated heterocycles. The fourth-order valence-corrected chi connectivity index (χ4v) is 0.804. The Labute approximate surface area is 83.5 Å². The van der Waals surface area contributed by atoms with E-state index in [9.17, 15) is 9.90 Å². The van der Waals surface area contributed by atoms with E-state index >= 15 is 0 Å². The Morgan fingerprint density at radius 2 is 2.21 bits per heavy atom. The van der Waals surface area contributed by atoms with Crippen LogP contribution < -0.4 is 0 Å². The van der Waals surface area contributed by atoms with E-state index in [1.165, 1.54) is 13.0 Å². The van der Waals surface area contributed by atoms with E-state index in [0.717, 1.165) is 0 Å². The summed E-state index contributed by atoms with van der Waals surface area (Å²) >= 11 is 0. The highest BCUT2D eigenvalue weighted by atomic mass is 16.6. The zero-order valence-corrected chi connectivity index (χ0v) is 8.27. The quantitative estimate of drug-likeness (QED) is 0.370. The van der Waals surface area contributed by atoms with Crippen molar-refractivity contribution in [2.45, 2.75) is 25.6 Å². The Morgan fingerprint density at radius 3 is 2.57 bits per heavy atom. The number of aliphatic hydroxyl groups is 2. The van der Waals surface area contributed by atoms with Crippen LogP contribution in [0.5, 0.6) is 0 Å². The highest BCUT2D eigenvalue weighted by Crippen LogP contribution is 2.08. The van der Waals surface area contributed by atoms with E-state index in [-0.39, 0.29) is 5.57 Å². The van der Waals surface area contributed by atoms with Gasteiger partial charge in [-0.1, -0.05) is 12.7 Å². The van der Waals surface area contributed by atoms with Crippen molar-refractivity contribution in [2.24, 2.45) is 0 Å². The standard InChI is InChI=1S/C10H16O4/c1-4-5-9(8(12)6-11)14-10(13)7(2)3/h4,8-9,11-12H,1-2,5-6H2,3H3. The summed E-state index contributed by atoms with van der Waals surface area (Å²) in [6.07, 6.45) is -0.0475. The maximum atomic E-state index is 11.1. The minimum atomic E-state index is -1.09. The number of hydrogen-bond acceptors (Lipinski definition) is 4. The molecule has 80 valence electrons. The molecule has 0 aliphatic heterocycles. The molecule has 0 aliphatic rings. The van der Waals surface area contributed by atoms with Crippen LogP contribution in [0.2, 0.25) is 0 Å². The van der Waals surface area contributed by atoms with Crippen LogP contribution in [-0.4, -0.2) is 35.0 Å². The first-order valence-corrected chi connectivity index (χ1v) is 4.29. The number of ether oxygens (including phenoxy) is 1. The molecule has 0 spiro atoms. The number of carbonyl (C=O) groups excluding carboxylic acids is 1. The summed E-state index contributed by atoms with van der Waals surface area (Å²) in [5.41, 5.74) is 0.254. The molecule has 2 atom stereocenters. The van der Waals surface area contributed by atoms with Crippen LogP contribution in [0.15, 0.2) is 24.8 Å². The fourth-order valence-electron chi connectivity index (χ4n) is 0.804. The van der Waals surface area contributed by atoms with E-state index in [0.29, 0.717) is 6.42 Å². The summed E-state index contributed by atoms with van der Waals surface area (Å²) in [5.74, 6) is -0.579. The van der Waals surface area contributed by atoms with Crippen LogP contribution in [0.3, 0.4) is 0 Å². The summed E-state index contributed by atoms with van der Waals surface area (Å²) in [4.78, 5) is 11.1. The van der Waals surface area contributed by atoms with Crippen LogP contribution in [0.1, 0.15) is 13.3 Å². The SMILES string of the molecule is C=CCC(OC(=O)C(=C)C)C(O)CO. The summed E-state index contributed by atoms with van der Waals surface area (Å²) < 4.78 is 4.89. The Hall–Kier alpha value is -1.13. The molecule has 0 aliphatic carbocycles. The van der Waals surface area contributed by atoms with Crippen molar-refractivity contribution < 1.29 is 19.7 Å². The third-order valence-electron chi connectivity index (χ3n) is 1.62. The fraction of sp³-hybridized carbons (Fsp3) is 0.500. The van der Waals surface area contributed by atoms with Gasteiger partial charge in [0, 0.05) is 12.0 Å². The summed E-state index contributed by atoms with van der Waals surface area (Å²) in [5, 5.41) is 18.0. The van der Waals surface area contributed by atoms with Gasteiger partial charge in [-0.25, -0.2) is 4.79 Å². The predicted octanol–water partition coefficient (Wildman–Crippen LogP) is 0.404. The minimum Gasteiger partial charge on any atom is -0.456 e. The van der Waals surface area contributed by atoms with Crippen molar-refractivity contribution in [3.63, 3.8) is 0 Å². The normalized spacial score (nSPS) is 14.2. The van der Waals surface area contributed by atoms with Crippen molar-refractivity contribution in [1.29, 1.82) is 0 Å². The molecule has 4 nitrogen and oxygen atoms in total. The van der Waals surface area contributed by atoms with Crippen molar-refractivity contribution in [3.8, 4) is 0 Å². The van der Waals surface area contributed by atoms with Gasteiger partial charge in [-0.15, -0.1) is 6.58 Å². The molecule has 0 aromatic rings. The summed E-state index contributed by atoms with van der Waals surface area (Å²) in [6.45, 7) is 7.93. The van der Waals surface area contributed by atoms with E-state index in [1.54, 1.807) is 0 Å². The van der Waals surface area contributed by atoms with Crippen LogP contribution in [0.25, 0.3) is 0 Å². The van der Waals surface area contributed by atoms with Gasteiger partial charge in [0.1, 0.15) is 12.2 Å². The first kappa shape index (κ1) is 12.9. The van der Waals surface area contributed by atoms with Crippen LogP contribution in [-0.2, 0) is 9.53 Å². The lowest BCUT2D eigenvalue weighted by molar-refractivity contribution is -0.151. The average molecular weight is 200 g/mol. The topological polar surface area (TPSA) is 66.8 Å². The lowest BCUT2D eigenvalue weighted by atomic mass is 10.1. The third kappa shape index (κ3) is 4.20. The number of aliphatic hydroxyl groups excluding tert-OH is 2. The Balaban J connectivity index is 4.28. The number of rotatable bonds is 6. The molecule has 0 fully saturated rings. The van der Waals surface area contributed by atoms with Gasteiger partial charge in [0.15, 0.2) is 0 Å². The molecule has 0 aromatic carbocycles. The maximum Gasteiger partial charge on any atom is 0.333 e. The Kier molecular flexibility index (Phi) is 5.83.